The molecule has 0 heterocycles. The van der Waals surface area contributed by atoms with E-state index < -0.39 is 5.97 Å². The first kappa shape index (κ1) is 11.3. The maximum Gasteiger partial charge on any atom is 0.337 e. The summed E-state index contributed by atoms with van der Waals surface area (Å²) in [5.41, 5.74) is 5.39. The van der Waals surface area contributed by atoms with Gasteiger partial charge in [0.1, 0.15) is 0 Å². The molecule has 0 aliphatic rings. The van der Waals surface area contributed by atoms with E-state index in [0.29, 0.717) is 0 Å². The molecule has 4 nitrogen and oxygen atoms in total. The third kappa shape index (κ3) is 2.82. The van der Waals surface area contributed by atoms with E-state index in [0.717, 1.165) is 0 Å². The number of aliphatic imine (C=N–C) groups is 1. The van der Waals surface area contributed by atoms with Gasteiger partial charge in [0.25, 0.3) is 0 Å². The number of nitrogens with zero attached hydrogens (tertiary/aromatic N) is 1. The highest BCUT2D eigenvalue weighted by molar-refractivity contribution is 6.33. The van der Waals surface area contributed by atoms with Crippen LogP contribution in [0.2, 0.25) is 5.02 Å². The van der Waals surface area contributed by atoms with E-state index in [-0.39, 0.29) is 16.3 Å². The van der Waals surface area contributed by atoms with Crippen LogP contribution in [0.5, 0.6) is 0 Å². The number of hydrogen-bond acceptors (Lipinski definition) is 3. The van der Waals surface area contributed by atoms with Crippen LogP contribution in [0.15, 0.2) is 35.5 Å². The summed E-state index contributed by atoms with van der Waals surface area (Å²) in [6, 6.07) is 4.57. The lowest BCUT2D eigenvalue weighted by Crippen LogP contribution is -1.96. The number of hydrogen-bond donors (Lipinski definition) is 2. The molecule has 0 spiro atoms. The predicted molar refractivity (Wildman–Crippen MR) is 59.9 cm³/mol. The molecule has 1 aromatic carbocycles. The lowest BCUT2D eigenvalue weighted by molar-refractivity contribution is 0.0698. The lowest BCUT2D eigenvalue weighted by atomic mass is 10.2. The number of para-hydroxylation sites is 1. The van der Waals surface area contributed by atoms with Crippen molar-refractivity contribution in [3.05, 3.63) is 41.1 Å². The van der Waals surface area contributed by atoms with Gasteiger partial charge in [0.2, 0.25) is 0 Å². The Hall–Kier alpha value is -1.81. The molecule has 0 amide bonds. The van der Waals surface area contributed by atoms with Gasteiger partial charge in [-0.2, -0.15) is 0 Å². The number of carbonyl (C=O) groups is 1. The molecule has 0 fully saturated rings. The molecule has 3 N–H and O–H groups in total. The molecule has 0 unspecified atom stereocenters. The standard InChI is InChI=1S/C10H9ClN2O2/c11-8-4-1-3-7(10(14)15)9(8)13-6-2-5-12/h1-6H,12H2,(H,14,15). The number of allylic oxidation sites excluding steroid dienone is 1. The molecular formula is C10H9ClN2O2. The molecule has 0 atom stereocenters. The molecule has 0 aromatic heterocycles. The first-order valence-corrected chi connectivity index (χ1v) is 4.47. The minimum absolute atomic E-state index is 0.0594. The van der Waals surface area contributed by atoms with Crippen LogP contribution in [0.25, 0.3) is 0 Å². The molecular weight excluding hydrogens is 216 g/mol. The van der Waals surface area contributed by atoms with Crippen LogP contribution in [-0.4, -0.2) is 17.3 Å². The van der Waals surface area contributed by atoms with Crippen LogP contribution >= 0.6 is 11.6 Å². The molecule has 0 aliphatic carbocycles. The maximum absolute atomic E-state index is 10.8. The van der Waals surface area contributed by atoms with Crippen molar-refractivity contribution in [2.75, 3.05) is 0 Å². The molecule has 78 valence electrons. The SMILES string of the molecule is NC=CC=Nc1c(Cl)cccc1C(=O)O. The Bertz CT molecular complexity index is 427. The second-order valence-corrected chi connectivity index (χ2v) is 3.01. The van der Waals surface area contributed by atoms with E-state index in [1.807, 2.05) is 0 Å². The molecule has 0 saturated carbocycles. The number of rotatable bonds is 3. The molecule has 0 bridgehead atoms. The largest absolute Gasteiger partial charge is 0.478 e. The van der Waals surface area contributed by atoms with Crippen LogP contribution in [0.4, 0.5) is 5.69 Å². The van der Waals surface area contributed by atoms with Crippen molar-refractivity contribution in [3.63, 3.8) is 0 Å². The third-order valence-electron chi connectivity index (χ3n) is 1.62. The molecule has 1 aromatic rings. The Morgan fingerprint density at radius 3 is 2.87 bits per heavy atom. The fourth-order valence-corrected chi connectivity index (χ4v) is 1.21. The van der Waals surface area contributed by atoms with Crippen LogP contribution < -0.4 is 5.73 Å². The van der Waals surface area contributed by atoms with Crippen molar-refractivity contribution in [3.8, 4) is 0 Å². The first-order chi connectivity index (χ1) is 7.16. The fraction of sp³-hybridized carbons (Fsp3) is 0. The van der Waals surface area contributed by atoms with Crippen molar-refractivity contribution in [1.82, 2.24) is 0 Å². The highest BCUT2D eigenvalue weighted by atomic mass is 35.5. The van der Waals surface area contributed by atoms with Crippen molar-refractivity contribution >= 4 is 29.5 Å². The molecule has 15 heavy (non-hydrogen) atoms. The maximum atomic E-state index is 10.8. The van der Waals surface area contributed by atoms with Gasteiger partial charge in [-0.25, -0.2) is 4.79 Å². The zero-order valence-electron chi connectivity index (χ0n) is 7.72. The zero-order chi connectivity index (χ0) is 11.3. The van der Waals surface area contributed by atoms with Crippen molar-refractivity contribution in [2.45, 2.75) is 0 Å². The van der Waals surface area contributed by atoms with Crippen molar-refractivity contribution < 1.29 is 9.90 Å². The third-order valence-corrected chi connectivity index (χ3v) is 1.92. The summed E-state index contributed by atoms with van der Waals surface area (Å²) in [6.07, 6.45) is 4.16. The molecule has 0 aliphatic heterocycles. The van der Waals surface area contributed by atoms with E-state index in [9.17, 15) is 4.79 Å². The molecule has 5 heteroatoms. The number of halogens is 1. The van der Waals surface area contributed by atoms with Gasteiger partial charge in [-0.15, -0.1) is 0 Å². The van der Waals surface area contributed by atoms with Crippen LogP contribution in [0.3, 0.4) is 0 Å². The monoisotopic (exact) mass is 224 g/mol. The number of aromatic carboxylic acids is 1. The van der Waals surface area contributed by atoms with E-state index >= 15 is 0 Å². The Morgan fingerprint density at radius 1 is 1.53 bits per heavy atom. The van der Waals surface area contributed by atoms with Gasteiger partial charge in [0, 0.05) is 6.21 Å². The number of carboxylic acids is 1. The Balaban J connectivity index is 3.19. The van der Waals surface area contributed by atoms with Crippen LogP contribution in [-0.2, 0) is 0 Å². The van der Waals surface area contributed by atoms with Gasteiger partial charge in [-0.1, -0.05) is 17.7 Å². The van der Waals surface area contributed by atoms with Gasteiger partial charge < -0.3 is 10.8 Å². The summed E-state index contributed by atoms with van der Waals surface area (Å²) in [7, 11) is 0. The van der Waals surface area contributed by atoms with E-state index in [2.05, 4.69) is 4.99 Å². The quantitative estimate of drug-likeness (QED) is 0.773. The van der Waals surface area contributed by atoms with Gasteiger partial charge in [0.05, 0.1) is 16.3 Å². The first-order valence-electron chi connectivity index (χ1n) is 4.09. The predicted octanol–water partition coefficient (Wildman–Crippen LogP) is 2.21. The van der Waals surface area contributed by atoms with Crippen molar-refractivity contribution in [1.29, 1.82) is 0 Å². The minimum Gasteiger partial charge on any atom is -0.478 e. The van der Waals surface area contributed by atoms with Gasteiger partial charge in [-0.05, 0) is 24.4 Å². The van der Waals surface area contributed by atoms with Crippen LogP contribution in [0.1, 0.15) is 10.4 Å². The Labute approximate surface area is 91.7 Å². The second-order valence-electron chi connectivity index (χ2n) is 2.60. The van der Waals surface area contributed by atoms with Crippen LogP contribution in [0, 0.1) is 0 Å². The molecule has 1 rings (SSSR count). The number of carboxylic acid groups (broad SMARTS) is 1. The van der Waals surface area contributed by atoms with Gasteiger partial charge in [-0.3, -0.25) is 4.99 Å². The number of nitrogens with two attached hydrogens (primary N) is 1. The number of benzene rings is 1. The Kier molecular flexibility index (Phi) is 3.88. The summed E-state index contributed by atoms with van der Waals surface area (Å²) in [4.78, 5) is 14.7. The lowest BCUT2D eigenvalue weighted by Gasteiger charge is -2.01. The summed E-state index contributed by atoms with van der Waals surface area (Å²) < 4.78 is 0. The van der Waals surface area contributed by atoms with Gasteiger partial charge >= 0.3 is 5.97 Å². The molecule has 0 saturated heterocycles. The summed E-state index contributed by atoms with van der Waals surface area (Å²) in [5, 5.41) is 9.16. The minimum atomic E-state index is -1.07. The Morgan fingerprint density at radius 2 is 2.27 bits per heavy atom. The second kappa shape index (κ2) is 5.17. The van der Waals surface area contributed by atoms with E-state index in [1.54, 1.807) is 12.1 Å². The highest BCUT2D eigenvalue weighted by Crippen LogP contribution is 2.28. The normalized spacial score (nSPS) is 11.3. The van der Waals surface area contributed by atoms with E-state index in [1.165, 1.54) is 24.6 Å². The average molecular weight is 225 g/mol. The summed E-state index contributed by atoms with van der Waals surface area (Å²) in [6.45, 7) is 0. The summed E-state index contributed by atoms with van der Waals surface area (Å²) in [5.74, 6) is -1.07. The van der Waals surface area contributed by atoms with Crippen molar-refractivity contribution in [2.24, 2.45) is 10.7 Å². The zero-order valence-corrected chi connectivity index (χ0v) is 8.48. The average Bonchev–Trinajstić information content (AvgIpc) is 2.20. The summed E-state index contributed by atoms with van der Waals surface area (Å²) >= 11 is 5.82. The van der Waals surface area contributed by atoms with Gasteiger partial charge in [0.15, 0.2) is 0 Å². The topological polar surface area (TPSA) is 75.7 Å². The highest BCUT2D eigenvalue weighted by Gasteiger charge is 2.11. The molecule has 0 radical (unpaired) electrons. The van der Waals surface area contributed by atoms with E-state index in [4.69, 9.17) is 22.4 Å². The smallest absolute Gasteiger partial charge is 0.337 e. The fourth-order valence-electron chi connectivity index (χ4n) is 0.986.